The predicted octanol–water partition coefficient (Wildman–Crippen LogP) is 4.35. The minimum Gasteiger partial charge on any atom is -0.258 e. The standard InChI is InChI=1S/C15H10Cl2N4O4S4/c16-8-1-3-10-12(5-8)26-14(18-10)20-28(22,23)7-29(24,25)21-15-19-11-4-2-9(17)6-13(11)27-15/h1-6H,7H2,(H,18,20)(H,19,21). The first-order valence-corrected chi connectivity index (χ1v) is 13.4. The molecule has 0 aliphatic carbocycles. The highest BCUT2D eigenvalue weighted by Crippen LogP contribution is 2.30. The Balaban J connectivity index is 1.51. The molecule has 0 saturated carbocycles. The summed E-state index contributed by atoms with van der Waals surface area (Å²) < 4.78 is 55.1. The molecule has 2 heterocycles. The van der Waals surface area contributed by atoms with Crippen molar-refractivity contribution in [2.24, 2.45) is 0 Å². The maximum Gasteiger partial charge on any atom is 0.250 e. The Hall–Kier alpha value is -1.70. The maximum absolute atomic E-state index is 12.3. The lowest BCUT2D eigenvalue weighted by Gasteiger charge is -2.06. The number of aromatic nitrogens is 2. The van der Waals surface area contributed by atoms with E-state index in [1.54, 1.807) is 36.4 Å². The largest absolute Gasteiger partial charge is 0.258 e. The van der Waals surface area contributed by atoms with E-state index in [0.717, 1.165) is 22.7 Å². The second kappa shape index (κ2) is 7.52. The molecule has 0 aliphatic rings. The lowest BCUT2D eigenvalue weighted by molar-refractivity contribution is 0.594. The quantitative estimate of drug-likeness (QED) is 0.399. The molecular weight excluding hydrogens is 499 g/mol. The number of nitrogens with zero attached hydrogens (tertiary/aromatic N) is 2. The van der Waals surface area contributed by atoms with Crippen molar-refractivity contribution in [3.63, 3.8) is 0 Å². The van der Waals surface area contributed by atoms with Crippen molar-refractivity contribution in [3.05, 3.63) is 46.4 Å². The van der Waals surface area contributed by atoms with E-state index < -0.39 is 25.1 Å². The van der Waals surface area contributed by atoms with Gasteiger partial charge in [-0.05, 0) is 36.4 Å². The van der Waals surface area contributed by atoms with E-state index in [1.165, 1.54) is 0 Å². The van der Waals surface area contributed by atoms with Gasteiger partial charge < -0.3 is 0 Å². The molecule has 0 atom stereocenters. The van der Waals surface area contributed by atoms with Crippen LogP contribution in [0.15, 0.2) is 36.4 Å². The van der Waals surface area contributed by atoms with Crippen LogP contribution in [0, 0.1) is 0 Å². The van der Waals surface area contributed by atoms with Crippen LogP contribution in [0.1, 0.15) is 0 Å². The van der Waals surface area contributed by atoms with Gasteiger partial charge in [0.2, 0.25) is 0 Å². The third kappa shape index (κ3) is 4.90. The average Bonchev–Trinajstić information content (AvgIpc) is 3.13. The molecule has 14 heteroatoms. The summed E-state index contributed by atoms with van der Waals surface area (Å²) in [6, 6.07) is 9.82. The number of benzene rings is 2. The van der Waals surface area contributed by atoms with Gasteiger partial charge >= 0.3 is 0 Å². The maximum atomic E-state index is 12.3. The molecule has 2 N–H and O–H groups in total. The molecule has 0 bridgehead atoms. The second-order valence-electron chi connectivity index (χ2n) is 5.81. The van der Waals surface area contributed by atoms with Crippen LogP contribution >= 0.6 is 45.9 Å². The zero-order chi connectivity index (χ0) is 20.8. The molecule has 0 amide bonds. The lowest BCUT2D eigenvalue weighted by atomic mass is 10.3. The summed E-state index contributed by atoms with van der Waals surface area (Å²) in [5.41, 5.74) is 1.09. The van der Waals surface area contributed by atoms with Gasteiger partial charge in [0.05, 0.1) is 20.4 Å². The second-order valence-corrected chi connectivity index (χ2v) is 12.6. The van der Waals surface area contributed by atoms with E-state index in [0.29, 0.717) is 30.5 Å². The minimum atomic E-state index is -4.24. The van der Waals surface area contributed by atoms with Crippen LogP contribution < -0.4 is 9.44 Å². The first-order valence-electron chi connectivity index (χ1n) is 7.72. The Labute approximate surface area is 183 Å². The van der Waals surface area contributed by atoms with Crippen molar-refractivity contribution in [3.8, 4) is 0 Å². The minimum absolute atomic E-state index is 0.0482. The van der Waals surface area contributed by atoms with E-state index in [-0.39, 0.29) is 10.3 Å². The molecule has 4 rings (SSSR count). The highest BCUT2D eigenvalue weighted by molar-refractivity contribution is 8.09. The van der Waals surface area contributed by atoms with Crippen molar-refractivity contribution in [2.45, 2.75) is 0 Å². The number of hydrogen-bond acceptors (Lipinski definition) is 8. The molecule has 0 unspecified atom stereocenters. The number of sulfonamides is 2. The zero-order valence-corrected chi connectivity index (χ0v) is 18.9. The van der Waals surface area contributed by atoms with Crippen molar-refractivity contribution in [2.75, 3.05) is 14.5 Å². The fraction of sp³-hybridized carbons (Fsp3) is 0.0667. The molecule has 2 aromatic heterocycles. The highest BCUT2D eigenvalue weighted by atomic mass is 35.5. The van der Waals surface area contributed by atoms with Crippen LogP contribution in [0.2, 0.25) is 10.0 Å². The first-order chi connectivity index (χ1) is 13.6. The monoisotopic (exact) mass is 508 g/mol. The van der Waals surface area contributed by atoms with E-state index >= 15 is 0 Å². The Morgan fingerprint density at radius 1 is 0.759 bits per heavy atom. The molecule has 0 aliphatic heterocycles. The van der Waals surface area contributed by atoms with Crippen LogP contribution in [-0.2, 0) is 20.0 Å². The first kappa shape index (κ1) is 20.6. The van der Waals surface area contributed by atoms with Gasteiger partial charge in [-0.25, -0.2) is 26.8 Å². The van der Waals surface area contributed by atoms with E-state index in [4.69, 9.17) is 23.2 Å². The molecule has 0 radical (unpaired) electrons. The molecule has 0 fully saturated rings. The van der Waals surface area contributed by atoms with Crippen molar-refractivity contribution in [1.82, 2.24) is 9.97 Å². The van der Waals surface area contributed by atoms with Gasteiger partial charge in [0.15, 0.2) is 15.3 Å². The number of thiazole rings is 2. The molecule has 0 saturated heterocycles. The SMILES string of the molecule is O=S(=O)(CS(=O)(=O)Nc1nc2ccc(Cl)cc2s1)Nc1nc2ccc(Cl)cc2s1. The van der Waals surface area contributed by atoms with Gasteiger partial charge in [-0.3, -0.25) is 9.44 Å². The van der Waals surface area contributed by atoms with E-state index in [9.17, 15) is 16.8 Å². The summed E-state index contributed by atoms with van der Waals surface area (Å²) in [5, 5.41) is -0.119. The number of anilines is 2. The molecular formula is C15H10Cl2N4O4S4. The number of rotatable bonds is 6. The summed E-state index contributed by atoms with van der Waals surface area (Å²) in [7, 11) is -8.47. The molecule has 152 valence electrons. The van der Waals surface area contributed by atoms with Gasteiger partial charge in [0.1, 0.15) is 0 Å². The predicted molar refractivity (Wildman–Crippen MR) is 119 cm³/mol. The van der Waals surface area contributed by atoms with Gasteiger partial charge in [-0.15, -0.1) is 0 Å². The fourth-order valence-electron chi connectivity index (χ4n) is 2.41. The molecule has 4 aromatic rings. The highest BCUT2D eigenvalue weighted by Gasteiger charge is 2.25. The number of fused-ring (bicyclic) bond motifs is 2. The summed E-state index contributed by atoms with van der Waals surface area (Å²) >= 11 is 13.9. The zero-order valence-electron chi connectivity index (χ0n) is 14.1. The summed E-state index contributed by atoms with van der Waals surface area (Å²) in [5.74, 6) is 0. The van der Waals surface area contributed by atoms with Crippen LogP contribution in [-0.4, -0.2) is 31.9 Å². The Morgan fingerprint density at radius 2 is 1.17 bits per heavy atom. The summed E-state index contributed by atoms with van der Waals surface area (Å²) in [4.78, 5) is 8.24. The van der Waals surface area contributed by atoms with E-state index in [2.05, 4.69) is 19.4 Å². The van der Waals surface area contributed by atoms with Gasteiger partial charge in [0, 0.05) is 10.0 Å². The Bertz CT molecular complexity index is 1340. The van der Waals surface area contributed by atoms with Gasteiger partial charge in [-0.2, -0.15) is 0 Å². The number of nitrogens with one attached hydrogen (secondary N) is 2. The van der Waals surface area contributed by atoms with Crippen molar-refractivity contribution in [1.29, 1.82) is 0 Å². The Kier molecular flexibility index (Phi) is 5.34. The molecule has 8 nitrogen and oxygen atoms in total. The smallest absolute Gasteiger partial charge is 0.250 e. The van der Waals surface area contributed by atoms with Gasteiger partial charge in [-0.1, -0.05) is 45.9 Å². The summed E-state index contributed by atoms with van der Waals surface area (Å²) in [6.07, 6.45) is 0. The lowest BCUT2D eigenvalue weighted by Crippen LogP contribution is -2.27. The molecule has 29 heavy (non-hydrogen) atoms. The van der Waals surface area contributed by atoms with Crippen LogP contribution in [0.25, 0.3) is 20.4 Å². The van der Waals surface area contributed by atoms with E-state index in [1.807, 2.05) is 0 Å². The molecule has 0 spiro atoms. The molecule has 2 aromatic carbocycles. The Morgan fingerprint density at radius 3 is 1.59 bits per heavy atom. The third-order valence-electron chi connectivity index (χ3n) is 3.50. The normalized spacial score (nSPS) is 12.5. The van der Waals surface area contributed by atoms with Crippen LogP contribution in [0.5, 0.6) is 0 Å². The van der Waals surface area contributed by atoms with Crippen molar-refractivity contribution < 1.29 is 16.8 Å². The number of halogens is 2. The average molecular weight is 509 g/mol. The summed E-state index contributed by atoms with van der Waals surface area (Å²) in [6.45, 7) is 0. The third-order valence-corrected chi connectivity index (χ3v) is 9.58. The van der Waals surface area contributed by atoms with Crippen LogP contribution in [0.4, 0.5) is 10.3 Å². The van der Waals surface area contributed by atoms with Crippen LogP contribution in [0.3, 0.4) is 0 Å². The topological polar surface area (TPSA) is 118 Å². The number of hydrogen-bond donors (Lipinski definition) is 2. The fourth-order valence-corrected chi connectivity index (χ4v) is 8.22. The van der Waals surface area contributed by atoms with Gasteiger partial charge in [0.25, 0.3) is 20.0 Å². The van der Waals surface area contributed by atoms with Crippen molar-refractivity contribution >= 4 is 96.6 Å².